The number of fused-ring (bicyclic) bond motifs is 1. The first kappa shape index (κ1) is 18.5. The number of nitrogens with zero attached hydrogens (tertiary/aromatic N) is 5. The van der Waals surface area contributed by atoms with Crippen molar-refractivity contribution >= 4 is 17.0 Å². The first-order valence-corrected chi connectivity index (χ1v) is 9.19. The Morgan fingerprint density at radius 3 is 2.61 bits per heavy atom. The summed E-state index contributed by atoms with van der Waals surface area (Å²) in [5.41, 5.74) is 2.46. The summed E-state index contributed by atoms with van der Waals surface area (Å²) in [7, 11) is 1.80. The SMILES string of the molecule is Cc1noc2nc(C3CCN(C(=O)c4cnn(C)c4C)CC3)cc(C(F)F)c12. The van der Waals surface area contributed by atoms with Crippen LogP contribution in [-0.2, 0) is 7.05 Å². The van der Waals surface area contributed by atoms with Gasteiger partial charge in [0, 0.05) is 43.0 Å². The molecule has 148 valence electrons. The van der Waals surface area contributed by atoms with Crippen LogP contribution in [0.25, 0.3) is 11.1 Å². The summed E-state index contributed by atoms with van der Waals surface area (Å²) in [6, 6.07) is 1.46. The molecule has 0 atom stereocenters. The maximum absolute atomic E-state index is 13.5. The largest absolute Gasteiger partial charge is 0.338 e. The molecule has 3 aromatic rings. The molecular formula is C19H21F2N5O2. The highest BCUT2D eigenvalue weighted by molar-refractivity contribution is 5.95. The van der Waals surface area contributed by atoms with E-state index < -0.39 is 6.43 Å². The van der Waals surface area contributed by atoms with Crippen LogP contribution in [0, 0.1) is 13.8 Å². The average Bonchev–Trinajstić information content (AvgIpc) is 3.23. The quantitative estimate of drug-likeness (QED) is 0.685. The number of piperidine rings is 1. The summed E-state index contributed by atoms with van der Waals surface area (Å²) in [5, 5.41) is 8.19. The van der Waals surface area contributed by atoms with E-state index in [2.05, 4.69) is 15.2 Å². The van der Waals surface area contributed by atoms with Crippen molar-refractivity contribution in [3.05, 3.63) is 40.5 Å². The van der Waals surface area contributed by atoms with Crippen molar-refractivity contribution in [3.63, 3.8) is 0 Å². The molecule has 4 rings (SSSR count). The lowest BCUT2D eigenvalue weighted by Gasteiger charge is -2.31. The summed E-state index contributed by atoms with van der Waals surface area (Å²) in [6.07, 6.45) is 0.261. The number of hydrogen-bond acceptors (Lipinski definition) is 5. The minimum atomic E-state index is -2.63. The fraction of sp³-hybridized carbons (Fsp3) is 0.474. The lowest BCUT2D eigenvalue weighted by Crippen LogP contribution is -2.38. The van der Waals surface area contributed by atoms with Crippen molar-refractivity contribution in [2.45, 2.75) is 39.0 Å². The number of halogens is 2. The predicted molar refractivity (Wildman–Crippen MR) is 97.3 cm³/mol. The third-order valence-electron chi connectivity index (χ3n) is 5.57. The standard InChI is InChI=1S/C19H21F2N5O2/c1-10-16-13(17(20)21)8-15(23-18(16)28-24-10)12-4-6-26(7-5-12)19(27)14-9-22-25(3)11(14)2/h8-9,12,17H,4-7H2,1-3H3. The van der Waals surface area contributed by atoms with Gasteiger partial charge < -0.3 is 9.42 Å². The van der Waals surface area contributed by atoms with E-state index in [0.29, 0.717) is 48.3 Å². The van der Waals surface area contributed by atoms with Crippen LogP contribution in [0.4, 0.5) is 8.78 Å². The van der Waals surface area contributed by atoms with Crippen LogP contribution < -0.4 is 0 Å². The molecule has 3 aromatic heterocycles. The van der Waals surface area contributed by atoms with E-state index in [0.717, 1.165) is 5.69 Å². The monoisotopic (exact) mass is 389 g/mol. The number of alkyl halides is 2. The zero-order valence-corrected chi connectivity index (χ0v) is 15.9. The highest BCUT2D eigenvalue weighted by Gasteiger charge is 2.29. The third-order valence-corrected chi connectivity index (χ3v) is 5.57. The number of aryl methyl sites for hydroxylation is 2. The van der Waals surface area contributed by atoms with Gasteiger partial charge in [-0.05, 0) is 32.8 Å². The number of aromatic nitrogens is 4. The Kier molecular flexibility index (Phi) is 4.60. The van der Waals surface area contributed by atoms with E-state index >= 15 is 0 Å². The van der Waals surface area contributed by atoms with Gasteiger partial charge in [-0.1, -0.05) is 5.16 Å². The lowest BCUT2D eigenvalue weighted by atomic mass is 9.91. The van der Waals surface area contributed by atoms with E-state index in [1.54, 1.807) is 29.7 Å². The van der Waals surface area contributed by atoms with E-state index in [9.17, 15) is 13.6 Å². The number of hydrogen-bond donors (Lipinski definition) is 0. The Hall–Kier alpha value is -2.84. The van der Waals surface area contributed by atoms with Gasteiger partial charge in [-0.15, -0.1) is 0 Å². The fourth-order valence-electron chi connectivity index (χ4n) is 3.79. The number of likely N-dealkylation sites (tertiary alicyclic amines) is 1. The second-order valence-corrected chi connectivity index (χ2v) is 7.22. The molecule has 1 amide bonds. The molecule has 7 nitrogen and oxygen atoms in total. The molecule has 28 heavy (non-hydrogen) atoms. The number of pyridine rings is 1. The molecule has 0 bridgehead atoms. The Balaban J connectivity index is 1.54. The first-order chi connectivity index (χ1) is 13.4. The number of rotatable bonds is 3. The molecule has 1 aliphatic rings. The molecule has 0 saturated carbocycles. The number of carbonyl (C=O) groups excluding carboxylic acids is 1. The van der Waals surface area contributed by atoms with Crippen LogP contribution >= 0.6 is 0 Å². The van der Waals surface area contributed by atoms with Gasteiger partial charge in [-0.25, -0.2) is 13.8 Å². The van der Waals surface area contributed by atoms with Gasteiger partial charge in [-0.3, -0.25) is 9.48 Å². The van der Waals surface area contributed by atoms with Gasteiger partial charge in [0.25, 0.3) is 18.0 Å². The topological polar surface area (TPSA) is 77.1 Å². The van der Waals surface area contributed by atoms with Crippen LogP contribution in [0.15, 0.2) is 16.8 Å². The highest BCUT2D eigenvalue weighted by Crippen LogP contribution is 2.35. The molecule has 0 aromatic carbocycles. The Bertz CT molecular complexity index is 1030. The van der Waals surface area contributed by atoms with Crippen LogP contribution in [0.1, 0.15) is 58.2 Å². The fourth-order valence-corrected chi connectivity index (χ4v) is 3.79. The van der Waals surface area contributed by atoms with Crippen LogP contribution in [0.5, 0.6) is 0 Å². The Labute approximate surface area is 160 Å². The zero-order valence-electron chi connectivity index (χ0n) is 15.9. The first-order valence-electron chi connectivity index (χ1n) is 9.19. The predicted octanol–water partition coefficient (Wildman–Crippen LogP) is 3.53. The molecular weight excluding hydrogens is 368 g/mol. The molecule has 4 heterocycles. The van der Waals surface area contributed by atoms with E-state index in [1.165, 1.54) is 6.07 Å². The molecule has 0 unspecified atom stereocenters. The Morgan fingerprint density at radius 1 is 1.29 bits per heavy atom. The van der Waals surface area contributed by atoms with Gasteiger partial charge in [0.15, 0.2) is 0 Å². The number of carbonyl (C=O) groups is 1. The molecule has 1 aliphatic heterocycles. The molecule has 1 fully saturated rings. The molecule has 0 spiro atoms. The smallest absolute Gasteiger partial charge is 0.264 e. The van der Waals surface area contributed by atoms with Crippen molar-refractivity contribution in [1.29, 1.82) is 0 Å². The van der Waals surface area contributed by atoms with Gasteiger partial charge in [0.1, 0.15) is 0 Å². The molecule has 0 radical (unpaired) electrons. The normalized spacial score (nSPS) is 15.7. The zero-order chi connectivity index (χ0) is 20.0. The second kappa shape index (κ2) is 6.96. The van der Waals surface area contributed by atoms with Gasteiger partial charge in [0.05, 0.1) is 22.8 Å². The minimum absolute atomic E-state index is 0.00801. The molecule has 1 saturated heterocycles. The molecule has 0 N–H and O–H groups in total. The van der Waals surface area contributed by atoms with Gasteiger partial charge in [-0.2, -0.15) is 5.10 Å². The van der Waals surface area contributed by atoms with Crippen LogP contribution in [0.3, 0.4) is 0 Å². The van der Waals surface area contributed by atoms with E-state index in [-0.39, 0.29) is 23.1 Å². The maximum atomic E-state index is 13.5. The minimum Gasteiger partial charge on any atom is -0.338 e. The summed E-state index contributed by atoms with van der Waals surface area (Å²) >= 11 is 0. The third kappa shape index (κ3) is 3.04. The van der Waals surface area contributed by atoms with Crippen molar-refractivity contribution in [3.8, 4) is 0 Å². The maximum Gasteiger partial charge on any atom is 0.264 e. The van der Waals surface area contributed by atoms with Crippen molar-refractivity contribution in [2.24, 2.45) is 7.05 Å². The van der Waals surface area contributed by atoms with E-state index in [1.807, 2.05) is 6.92 Å². The van der Waals surface area contributed by atoms with Crippen molar-refractivity contribution in [1.82, 2.24) is 24.8 Å². The molecule has 0 aliphatic carbocycles. The Morgan fingerprint density at radius 2 is 2.00 bits per heavy atom. The highest BCUT2D eigenvalue weighted by atomic mass is 19.3. The lowest BCUT2D eigenvalue weighted by molar-refractivity contribution is 0.0711. The summed E-state index contributed by atoms with van der Waals surface area (Å²) in [4.78, 5) is 18.9. The number of amides is 1. The summed E-state index contributed by atoms with van der Waals surface area (Å²) < 4.78 is 33.9. The summed E-state index contributed by atoms with van der Waals surface area (Å²) in [6.45, 7) is 4.56. The van der Waals surface area contributed by atoms with Crippen LogP contribution in [-0.4, -0.2) is 43.8 Å². The molecule has 9 heteroatoms. The van der Waals surface area contributed by atoms with Crippen molar-refractivity contribution in [2.75, 3.05) is 13.1 Å². The second-order valence-electron chi connectivity index (χ2n) is 7.22. The van der Waals surface area contributed by atoms with Crippen molar-refractivity contribution < 1.29 is 18.1 Å². The van der Waals surface area contributed by atoms with Gasteiger partial charge in [0.2, 0.25) is 0 Å². The van der Waals surface area contributed by atoms with Crippen LogP contribution in [0.2, 0.25) is 0 Å². The average molecular weight is 389 g/mol. The van der Waals surface area contributed by atoms with Gasteiger partial charge >= 0.3 is 0 Å². The van der Waals surface area contributed by atoms with E-state index in [4.69, 9.17) is 4.52 Å². The summed E-state index contributed by atoms with van der Waals surface area (Å²) in [5.74, 6) is -0.0575.